The number of hydrogen-bond donors (Lipinski definition) is 2. The molecule has 1 aromatic rings. The van der Waals surface area contributed by atoms with Crippen LogP contribution in [0.3, 0.4) is 0 Å². The lowest BCUT2D eigenvalue weighted by Crippen LogP contribution is -2.29. The Morgan fingerprint density at radius 2 is 2.22 bits per heavy atom. The van der Waals surface area contributed by atoms with E-state index in [0.717, 1.165) is 11.3 Å². The lowest BCUT2D eigenvalue weighted by Gasteiger charge is -2.19. The van der Waals surface area contributed by atoms with Gasteiger partial charge < -0.3 is 10.4 Å². The predicted molar refractivity (Wildman–Crippen MR) is 67.7 cm³/mol. The third-order valence-corrected chi connectivity index (χ3v) is 3.09. The molecule has 2 amide bonds. The zero-order valence-corrected chi connectivity index (χ0v) is 10.2. The van der Waals surface area contributed by atoms with Crippen molar-refractivity contribution in [3.8, 4) is 0 Å². The Labute approximate surface area is 105 Å². The highest BCUT2D eigenvalue weighted by atomic mass is 16.4. The van der Waals surface area contributed by atoms with Crippen molar-refractivity contribution < 1.29 is 14.7 Å². The Balaban J connectivity index is 2.25. The van der Waals surface area contributed by atoms with E-state index in [1.807, 2.05) is 24.3 Å². The number of carbonyl (C=O) groups excluding carboxylic acids is 1. The summed E-state index contributed by atoms with van der Waals surface area (Å²) in [5.41, 5.74) is 1.70. The molecular formula is C13H16N2O3. The van der Waals surface area contributed by atoms with Gasteiger partial charge in [-0.3, -0.25) is 9.69 Å². The molecule has 0 spiro atoms. The lowest BCUT2D eigenvalue weighted by atomic mass is 9.99. The number of hydrogen-bond acceptors (Lipinski definition) is 2. The fraction of sp³-hybridized carbons (Fsp3) is 0.385. The van der Waals surface area contributed by atoms with Crippen molar-refractivity contribution in [1.29, 1.82) is 0 Å². The molecule has 1 atom stereocenters. The maximum atomic E-state index is 11.6. The van der Waals surface area contributed by atoms with Gasteiger partial charge in [-0.1, -0.05) is 25.1 Å². The van der Waals surface area contributed by atoms with Gasteiger partial charge in [-0.2, -0.15) is 0 Å². The van der Waals surface area contributed by atoms with Crippen LogP contribution in [-0.4, -0.2) is 30.2 Å². The van der Waals surface area contributed by atoms with Gasteiger partial charge in [0.05, 0.1) is 5.92 Å². The first-order valence-electron chi connectivity index (χ1n) is 5.95. The van der Waals surface area contributed by atoms with Crippen LogP contribution in [0.5, 0.6) is 0 Å². The highest BCUT2D eigenvalue weighted by Gasteiger charge is 2.24. The quantitative estimate of drug-likeness (QED) is 0.848. The van der Waals surface area contributed by atoms with Gasteiger partial charge >= 0.3 is 12.0 Å². The molecule has 2 N–H and O–H groups in total. The first-order valence-corrected chi connectivity index (χ1v) is 5.95. The molecule has 1 aliphatic heterocycles. The Morgan fingerprint density at radius 1 is 1.50 bits per heavy atom. The minimum Gasteiger partial charge on any atom is -0.481 e. The number of benzene rings is 1. The average Bonchev–Trinajstić information content (AvgIpc) is 2.76. The maximum absolute atomic E-state index is 11.6. The smallest absolute Gasteiger partial charge is 0.322 e. The number of carboxylic acids is 1. The van der Waals surface area contributed by atoms with E-state index in [9.17, 15) is 9.59 Å². The van der Waals surface area contributed by atoms with Crippen LogP contribution in [0.1, 0.15) is 12.5 Å². The van der Waals surface area contributed by atoms with Crippen molar-refractivity contribution in [3.05, 3.63) is 29.8 Å². The topological polar surface area (TPSA) is 69.6 Å². The number of para-hydroxylation sites is 1. The molecule has 2 rings (SSSR count). The normalized spacial score (nSPS) is 16.5. The molecule has 1 heterocycles. The molecule has 1 fully saturated rings. The van der Waals surface area contributed by atoms with Gasteiger partial charge in [-0.05, 0) is 18.1 Å². The summed E-state index contributed by atoms with van der Waals surface area (Å²) >= 11 is 0. The second-order valence-electron chi connectivity index (χ2n) is 4.46. The largest absolute Gasteiger partial charge is 0.481 e. The van der Waals surface area contributed by atoms with Gasteiger partial charge in [-0.25, -0.2) is 4.79 Å². The molecular weight excluding hydrogens is 232 g/mol. The van der Waals surface area contributed by atoms with Crippen molar-refractivity contribution in [2.24, 2.45) is 5.92 Å². The molecule has 1 aliphatic rings. The van der Waals surface area contributed by atoms with Crippen LogP contribution in [0.15, 0.2) is 24.3 Å². The van der Waals surface area contributed by atoms with Gasteiger partial charge in [-0.15, -0.1) is 0 Å². The predicted octanol–water partition coefficient (Wildman–Crippen LogP) is 1.48. The number of aliphatic carboxylic acids is 1. The van der Waals surface area contributed by atoms with E-state index in [1.165, 1.54) is 0 Å². The van der Waals surface area contributed by atoms with Crippen molar-refractivity contribution in [1.82, 2.24) is 5.32 Å². The number of amides is 2. The summed E-state index contributed by atoms with van der Waals surface area (Å²) in [6, 6.07) is 7.33. The molecule has 0 bridgehead atoms. The Morgan fingerprint density at radius 3 is 2.83 bits per heavy atom. The Kier molecular flexibility index (Phi) is 3.50. The fourth-order valence-corrected chi connectivity index (χ4v) is 2.07. The second-order valence-corrected chi connectivity index (χ2v) is 4.46. The monoisotopic (exact) mass is 248 g/mol. The van der Waals surface area contributed by atoms with E-state index in [4.69, 9.17) is 5.11 Å². The Bertz CT molecular complexity index is 473. The molecule has 18 heavy (non-hydrogen) atoms. The van der Waals surface area contributed by atoms with Gasteiger partial charge in [0.15, 0.2) is 0 Å². The van der Waals surface area contributed by atoms with Crippen molar-refractivity contribution >= 4 is 17.7 Å². The van der Waals surface area contributed by atoms with E-state index in [1.54, 1.807) is 11.8 Å². The molecule has 1 aromatic carbocycles. The summed E-state index contributed by atoms with van der Waals surface area (Å²) in [5, 5.41) is 11.7. The highest BCUT2D eigenvalue weighted by molar-refractivity contribution is 5.94. The Hall–Kier alpha value is -2.04. The zero-order chi connectivity index (χ0) is 13.1. The van der Waals surface area contributed by atoms with Crippen LogP contribution in [0, 0.1) is 5.92 Å². The van der Waals surface area contributed by atoms with Crippen LogP contribution in [0.25, 0.3) is 0 Å². The summed E-state index contributed by atoms with van der Waals surface area (Å²) in [6.07, 6.45) is 0.426. The van der Waals surface area contributed by atoms with Gasteiger partial charge in [0.1, 0.15) is 0 Å². The number of anilines is 1. The van der Waals surface area contributed by atoms with E-state index >= 15 is 0 Å². The van der Waals surface area contributed by atoms with Crippen molar-refractivity contribution in [2.75, 3.05) is 18.0 Å². The molecule has 1 unspecified atom stereocenters. The summed E-state index contributed by atoms with van der Waals surface area (Å²) in [4.78, 5) is 24.2. The molecule has 0 saturated carbocycles. The third-order valence-electron chi connectivity index (χ3n) is 3.09. The number of carbonyl (C=O) groups is 2. The summed E-state index contributed by atoms with van der Waals surface area (Å²) in [6.45, 7) is 2.92. The minimum absolute atomic E-state index is 0.120. The van der Waals surface area contributed by atoms with Gasteiger partial charge in [0, 0.05) is 18.8 Å². The zero-order valence-electron chi connectivity index (χ0n) is 10.2. The standard InChI is InChI=1S/C13H16N2O3/c1-9(12(16)17)8-10-4-2-3-5-11(10)15-7-6-14-13(15)18/h2-5,9H,6-8H2,1H3,(H,14,18)(H,16,17). The molecule has 5 heteroatoms. The number of nitrogens with one attached hydrogen (secondary N) is 1. The highest BCUT2D eigenvalue weighted by Crippen LogP contribution is 2.24. The first kappa shape index (κ1) is 12.4. The van der Waals surface area contributed by atoms with Crippen LogP contribution >= 0.6 is 0 Å². The maximum Gasteiger partial charge on any atom is 0.322 e. The average molecular weight is 248 g/mol. The van der Waals surface area contributed by atoms with E-state index in [0.29, 0.717) is 19.5 Å². The van der Waals surface area contributed by atoms with Gasteiger partial charge in [0.25, 0.3) is 0 Å². The summed E-state index contributed by atoms with van der Waals surface area (Å²) in [7, 11) is 0. The molecule has 0 aromatic heterocycles. The summed E-state index contributed by atoms with van der Waals surface area (Å²) in [5.74, 6) is -1.28. The van der Waals surface area contributed by atoms with Crippen LogP contribution < -0.4 is 10.2 Å². The molecule has 96 valence electrons. The van der Waals surface area contributed by atoms with E-state index in [-0.39, 0.29) is 6.03 Å². The number of urea groups is 1. The third kappa shape index (κ3) is 2.45. The first-order chi connectivity index (χ1) is 8.59. The van der Waals surface area contributed by atoms with Crippen LogP contribution in [-0.2, 0) is 11.2 Å². The number of rotatable bonds is 4. The fourth-order valence-electron chi connectivity index (χ4n) is 2.07. The van der Waals surface area contributed by atoms with Crippen LogP contribution in [0.2, 0.25) is 0 Å². The number of nitrogens with zero attached hydrogens (tertiary/aromatic N) is 1. The molecule has 0 radical (unpaired) electrons. The van der Waals surface area contributed by atoms with Gasteiger partial charge in [0.2, 0.25) is 0 Å². The molecule has 0 aliphatic carbocycles. The van der Waals surface area contributed by atoms with E-state index < -0.39 is 11.9 Å². The summed E-state index contributed by atoms with van der Waals surface area (Å²) < 4.78 is 0. The lowest BCUT2D eigenvalue weighted by molar-refractivity contribution is -0.141. The number of carboxylic acid groups (broad SMARTS) is 1. The molecule has 1 saturated heterocycles. The molecule has 5 nitrogen and oxygen atoms in total. The minimum atomic E-state index is -0.823. The van der Waals surface area contributed by atoms with Crippen molar-refractivity contribution in [2.45, 2.75) is 13.3 Å². The SMILES string of the molecule is CC(Cc1ccccc1N1CCNC1=O)C(=O)O. The van der Waals surface area contributed by atoms with E-state index in [2.05, 4.69) is 5.32 Å². The second kappa shape index (κ2) is 5.08. The van der Waals surface area contributed by atoms with Crippen molar-refractivity contribution in [3.63, 3.8) is 0 Å². The van der Waals surface area contributed by atoms with Crippen LogP contribution in [0.4, 0.5) is 10.5 Å².